The van der Waals surface area contributed by atoms with Crippen LogP contribution >= 0.6 is 0 Å². The lowest BCUT2D eigenvalue weighted by Crippen LogP contribution is -2.46. The van der Waals surface area contributed by atoms with Crippen molar-refractivity contribution in [1.29, 1.82) is 0 Å². The SMILES string of the molecule is CCCCOCCOCCNC(=NC)NCC(CC)N1CCCC1. The zero-order valence-electron chi connectivity index (χ0n) is 16.0. The van der Waals surface area contributed by atoms with Crippen LogP contribution in [0.15, 0.2) is 4.99 Å². The highest BCUT2D eigenvalue weighted by Gasteiger charge is 2.20. The molecule has 6 nitrogen and oxygen atoms in total. The molecule has 24 heavy (non-hydrogen) atoms. The van der Waals surface area contributed by atoms with Crippen molar-refractivity contribution in [3.63, 3.8) is 0 Å². The number of hydrogen-bond acceptors (Lipinski definition) is 4. The summed E-state index contributed by atoms with van der Waals surface area (Å²) in [7, 11) is 1.81. The van der Waals surface area contributed by atoms with Gasteiger partial charge in [-0.25, -0.2) is 0 Å². The molecular weight excluding hydrogens is 304 g/mol. The summed E-state index contributed by atoms with van der Waals surface area (Å²) in [6, 6.07) is 0.600. The van der Waals surface area contributed by atoms with Gasteiger partial charge in [0.1, 0.15) is 0 Å². The van der Waals surface area contributed by atoms with Crippen LogP contribution in [0.1, 0.15) is 46.0 Å². The van der Waals surface area contributed by atoms with Crippen molar-refractivity contribution in [2.24, 2.45) is 4.99 Å². The van der Waals surface area contributed by atoms with E-state index in [0.717, 1.165) is 32.1 Å². The lowest BCUT2D eigenvalue weighted by molar-refractivity contribution is 0.0487. The third-order valence-corrected chi connectivity index (χ3v) is 4.41. The van der Waals surface area contributed by atoms with Gasteiger partial charge in [-0.05, 0) is 38.8 Å². The second-order valence-corrected chi connectivity index (χ2v) is 6.26. The molecule has 1 unspecified atom stereocenters. The minimum atomic E-state index is 0.600. The number of aliphatic imine (C=N–C) groups is 1. The first kappa shape index (κ1) is 21.2. The zero-order valence-corrected chi connectivity index (χ0v) is 16.0. The summed E-state index contributed by atoms with van der Waals surface area (Å²) in [6.07, 6.45) is 6.14. The Morgan fingerprint density at radius 2 is 1.75 bits per heavy atom. The fourth-order valence-corrected chi connectivity index (χ4v) is 2.88. The highest BCUT2D eigenvalue weighted by molar-refractivity contribution is 5.79. The van der Waals surface area contributed by atoms with Crippen LogP contribution in [0.25, 0.3) is 0 Å². The molecule has 0 spiro atoms. The van der Waals surface area contributed by atoms with Crippen LogP contribution in [-0.4, -0.2) is 76.6 Å². The monoisotopic (exact) mass is 342 g/mol. The molecule has 1 aliphatic heterocycles. The van der Waals surface area contributed by atoms with Gasteiger partial charge in [-0.3, -0.25) is 9.89 Å². The Morgan fingerprint density at radius 3 is 2.38 bits per heavy atom. The number of likely N-dealkylation sites (tertiary alicyclic amines) is 1. The van der Waals surface area contributed by atoms with Crippen molar-refractivity contribution in [2.45, 2.75) is 52.0 Å². The first-order valence-electron chi connectivity index (χ1n) is 9.65. The Morgan fingerprint density at radius 1 is 1.04 bits per heavy atom. The quantitative estimate of drug-likeness (QED) is 0.304. The van der Waals surface area contributed by atoms with Crippen molar-refractivity contribution in [3.05, 3.63) is 0 Å². The van der Waals surface area contributed by atoms with Gasteiger partial charge in [-0.15, -0.1) is 0 Å². The number of ether oxygens (including phenoxy) is 2. The molecule has 1 heterocycles. The molecule has 1 saturated heterocycles. The molecule has 0 saturated carbocycles. The summed E-state index contributed by atoms with van der Waals surface area (Å²) in [5.41, 5.74) is 0. The largest absolute Gasteiger partial charge is 0.379 e. The van der Waals surface area contributed by atoms with E-state index < -0.39 is 0 Å². The van der Waals surface area contributed by atoms with E-state index in [1.54, 1.807) is 0 Å². The molecule has 142 valence electrons. The third kappa shape index (κ3) is 9.45. The van der Waals surface area contributed by atoms with E-state index in [1.807, 2.05) is 7.05 Å². The molecule has 1 aliphatic rings. The van der Waals surface area contributed by atoms with Crippen molar-refractivity contribution in [1.82, 2.24) is 15.5 Å². The predicted molar refractivity (Wildman–Crippen MR) is 101 cm³/mol. The summed E-state index contributed by atoms with van der Waals surface area (Å²) in [5, 5.41) is 6.74. The van der Waals surface area contributed by atoms with Crippen molar-refractivity contribution in [3.8, 4) is 0 Å². The standard InChI is InChI=1S/C18H38N4O2/c1-4-6-12-23-14-15-24-13-9-20-18(19-3)21-16-17(5-2)22-10-7-8-11-22/h17H,4-16H2,1-3H3,(H2,19,20,21). The number of unbranched alkanes of at least 4 members (excludes halogenated alkanes) is 1. The summed E-state index contributed by atoms with van der Waals surface area (Å²) in [5.74, 6) is 0.857. The van der Waals surface area contributed by atoms with Crippen molar-refractivity contribution in [2.75, 3.05) is 59.7 Å². The molecule has 1 rings (SSSR count). The average Bonchev–Trinajstić information content (AvgIpc) is 3.13. The molecule has 1 atom stereocenters. The van der Waals surface area contributed by atoms with Gasteiger partial charge in [0.05, 0.1) is 19.8 Å². The molecule has 0 aromatic rings. The van der Waals surface area contributed by atoms with E-state index in [4.69, 9.17) is 9.47 Å². The molecule has 0 aromatic heterocycles. The minimum absolute atomic E-state index is 0.600. The van der Waals surface area contributed by atoms with E-state index in [-0.39, 0.29) is 0 Å². The number of nitrogens with one attached hydrogen (secondary N) is 2. The van der Waals surface area contributed by atoms with Crippen LogP contribution in [0.2, 0.25) is 0 Å². The van der Waals surface area contributed by atoms with Gasteiger partial charge >= 0.3 is 0 Å². The summed E-state index contributed by atoms with van der Waals surface area (Å²) < 4.78 is 11.0. The summed E-state index contributed by atoms with van der Waals surface area (Å²) in [4.78, 5) is 6.87. The maximum atomic E-state index is 5.56. The second-order valence-electron chi connectivity index (χ2n) is 6.26. The first-order valence-corrected chi connectivity index (χ1v) is 9.65. The molecule has 6 heteroatoms. The Balaban J connectivity index is 2.03. The topological polar surface area (TPSA) is 58.1 Å². The van der Waals surface area contributed by atoms with Crippen LogP contribution < -0.4 is 10.6 Å². The highest BCUT2D eigenvalue weighted by Crippen LogP contribution is 2.13. The summed E-state index contributed by atoms with van der Waals surface area (Å²) >= 11 is 0. The van der Waals surface area contributed by atoms with Gasteiger partial charge in [0.15, 0.2) is 5.96 Å². The smallest absolute Gasteiger partial charge is 0.191 e. The maximum Gasteiger partial charge on any atom is 0.191 e. The van der Waals surface area contributed by atoms with Gasteiger partial charge in [0, 0.05) is 32.8 Å². The lowest BCUT2D eigenvalue weighted by Gasteiger charge is -2.27. The molecule has 0 radical (unpaired) electrons. The second kappa shape index (κ2) is 14.5. The number of rotatable bonds is 13. The first-order chi connectivity index (χ1) is 11.8. The van der Waals surface area contributed by atoms with Crippen LogP contribution in [0, 0.1) is 0 Å². The molecule has 2 N–H and O–H groups in total. The Bertz CT molecular complexity index is 320. The van der Waals surface area contributed by atoms with E-state index in [1.165, 1.54) is 38.8 Å². The van der Waals surface area contributed by atoms with E-state index in [9.17, 15) is 0 Å². The van der Waals surface area contributed by atoms with Gasteiger partial charge in [0.25, 0.3) is 0 Å². The van der Waals surface area contributed by atoms with E-state index >= 15 is 0 Å². The highest BCUT2D eigenvalue weighted by atomic mass is 16.5. The minimum Gasteiger partial charge on any atom is -0.379 e. The van der Waals surface area contributed by atoms with Gasteiger partial charge in [-0.1, -0.05) is 20.3 Å². The van der Waals surface area contributed by atoms with Crippen molar-refractivity contribution < 1.29 is 9.47 Å². The van der Waals surface area contributed by atoms with Crippen LogP contribution in [-0.2, 0) is 9.47 Å². The van der Waals surface area contributed by atoms with Gasteiger partial charge < -0.3 is 20.1 Å². The van der Waals surface area contributed by atoms with Crippen molar-refractivity contribution >= 4 is 5.96 Å². The van der Waals surface area contributed by atoms with E-state index in [2.05, 4.69) is 34.4 Å². The number of guanidine groups is 1. The fourth-order valence-electron chi connectivity index (χ4n) is 2.88. The molecule has 0 aromatic carbocycles. The predicted octanol–water partition coefficient (Wildman–Crippen LogP) is 1.86. The molecule has 0 aliphatic carbocycles. The molecule has 1 fully saturated rings. The molecule has 0 amide bonds. The fraction of sp³-hybridized carbons (Fsp3) is 0.944. The van der Waals surface area contributed by atoms with E-state index in [0.29, 0.717) is 25.9 Å². The zero-order chi connectivity index (χ0) is 17.5. The normalized spacial score (nSPS) is 17.2. The average molecular weight is 343 g/mol. The molecular formula is C18H38N4O2. The molecule has 0 bridgehead atoms. The maximum absolute atomic E-state index is 5.56. The third-order valence-electron chi connectivity index (χ3n) is 4.41. The van der Waals surface area contributed by atoms with Crippen LogP contribution in [0.4, 0.5) is 0 Å². The Kier molecular flexibility index (Phi) is 12.8. The Hall–Kier alpha value is -0.850. The van der Waals surface area contributed by atoms with Crippen LogP contribution in [0.3, 0.4) is 0 Å². The lowest BCUT2D eigenvalue weighted by atomic mass is 10.2. The number of hydrogen-bond donors (Lipinski definition) is 2. The summed E-state index contributed by atoms with van der Waals surface area (Å²) in [6.45, 7) is 11.5. The van der Waals surface area contributed by atoms with Crippen LogP contribution in [0.5, 0.6) is 0 Å². The van der Waals surface area contributed by atoms with Gasteiger partial charge in [0.2, 0.25) is 0 Å². The van der Waals surface area contributed by atoms with Gasteiger partial charge in [-0.2, -0.15) is 0 Å². The number of nitrogens with zero attached hydrogens (tertiary/aromatic N) is 2. The Labute approximate surface area is 148 Å².